The van der Waals surface area contributed by atoms with Gasteiger partial charge in [0.2, 0.25) is 0 Å². The van der Waals surface area contributed by atoms with Gasteiger partial charge in [0.25, 0.3) is 5.91 Å². The molecule has 152 valence electrons. The van der Waals surface area contributed by atoms with Crippen molar-refractivity contribution in [3.63, 3.8) is 0 Å². The molecule has 0 unspecified atom stereocenters. The Morgan fingerprint density at radius 1 is 0.966 bits per heavy atom. The van der Waals surface area contributed by atoms with E-state index < -0.39 is 0 Å². The monoisotopic (exact) mass is 392 g/mol. The molecule has 0 atom stereocenters. The first-order valence-corrected chi connectivity index (χ1v) is 9.89. The second-order valence-electron chi connectivity index (χ2n) is 6.88. The molecule has 0 spiro atoms. The van der Waals surface area contributed by atoms with Crippen molar-refractivity contribution >= 4 is 5.91 Å². The number of rotatable bonds is 11. The average molecular weight is 392 g/mol. The van der Waals surface area contributed by atoms with Crippen LogP contribution in [0.4, 0.5) is 0 Å². The highest BCUT2D eigenvalue weighted by molar-refractivity contribution is 5.77. The van der Waals surface area contributed by atoms with Crippen LogP contribution in [-0.4, -0.2) is 42.2 Å². The molecule has 0 bridgehead atoms. The number of aromatic nitrogens is 1. The first-order valence-electron chi connectivity index (χ1n) is 9.89. The van der Waals surface area contributed by atoms with Crippen LogP contribution in [0.25, 0.3) is 0 Å². The maximum atomic E-state index is 12.9. The fraction of sp³-hybridized carbons (Fsp3) is 0.292. The van der Waals surface area contributed by atoms with Crippen molar-refractivity contribution < 1.29 is 14.3 Å². The lowest BCUT2D eigenvalue weighted by Crippen LogP contribution is -2.36. The summed E-state index contributed by atoms with van der Waals surface area (Å²) in [5, 5.41) is 0. The predicted molar refractivity (Wildman–Crippen MR) is 114 cm³/mol. The van der Waals surface area contributed by atoms with E-state index in [4.69, 9.17) is 9.47 Å². The Morgan fingerprint density at radius 3 is 2.41 bits per heavy atom. The van der Waals surface area contributed by atoms with Crippen molar-refractivity contribution in [3.05, 3.63) is 90.3 Å². The first kappa shape index (κ1) is 20.7. The number of carbonyl (C=O) groups excluding carboxylic acids is 1. The van der Waals surface area contributed by atoms with E-state index in [-0.39, 0.29) is 12.5 Å². The Bertz CT molecular complexity index is 862. The Balaban J connectivity index is 1.65. The zero-order valence-corrected chi connectivity index (χ0v) is 16.9. The van der Waals surface area contributed by atoms with Gasteiger partial charge < -0.3 is 18.9 Å². The van der Waals surface area contributed by atoms with Crippen LogP contribution in [0.15, 0.2) is 79.0 Å². The molecule has 1 aromatic heterocycles. The summed E-state index contributed by atoms with van der Waals surface area (Å²) in [5.41, 5.74) is 2.33. The second kappa shape index (κ2) is 11.1. The molecule has 5 heteroatoms. The fourth-order valence-electron chi connectivity index (χ4n) is 3.17. The van der Waals surface area contributed by atoms with Gasteiger partial charge in [-0.1, -0.05) is 48.5 Å². The summed E-state index contributed by atoms with van der Waals surface area (Å²) in [6, 6.07) is 23.8. The quantitative estimate of drug-likeness (QED) is 0.464. The molecule has 0 fully saturated rings. The summed E-state index contributed by atoms with van der Waals surface area (Å²) in [5.74, 6) is 0.669. The van der Waals surface area contributed by atoms with Crippen molar-refractivity contribution in [2.45, 2.75) is 19.5 Å². The molecular formula is C24H28N2O3. The van der Waals surface area contributed by atoms with Gasteiger partial charge in [0.15, 0.2) is 6.61 Å². The summed E-state index contributed by atoms with van der Waals surface area (Å²) in [4.78, 5) is 14.7. The third kappa shape index (κ3) is 6.50. The molecule has 1 heterocycles. The predicted octanol–water partition coefficient (Wildman–Crippen LogP) is 3.98. The second-order valence-corrected chi connectivity index (χ2v) is 6.88. The van der Waals surface area contributed by atoms with Crippen LogP contribution in [0, 0.1) is 0 Å². The summed E-state index contributed by atoms with van der Waals surface area (Å²) in [7, 11) is 1.68. The van der Waals surface area contributed by atoms with E-state index in [0.717, 1.165) is 18.7 Å². The third-order valence-corrected chi connectivity index (χ3v) is 4.71. The largest absolute Gasteiger partial charge is 0.484 e. The van der Waals surface area contributed by atoms with E-state index in [2.05, 4.69) is 29.0 Å². The maximum Gasteiger partial charge on any atom is 0.260 e. The standard InChI is InChI=1S/C24H28N2O3/c1-28-17-9-16-26(24(27)20-29-23-13-6-3-7-14-23)19-22-12-8-15-25(22)18-21-10-4-2-5-11-21/h2-8,10-15H,9,16-20H2,1H3. The van der Waals surface area contributed by atoms with E-state index in [9.17, 15) is 4.79 Å². The molecule has 3 rings (SSSR count). The summed E-state index contributed by atoms with van der Waals surface area (Å²) in [6.07, 6.45) is 2.84. The van der Waals surface area contributed by atoms with Crippen molar-refractivity contribution in [2.24, 2.45) is 0 Å². The Labute approximate surface area is 172 Å². The number of nitrogens with zero attached hydrogens (tertiary/aromatic N) is 2. The lowest BCUT2D eigenvalue weighted by atomic mass is 10.2. The molecule has 0 aliphatic rings. The lowest BCUT2D eigenvalue weighted by Gasteiger charge is -2.24. The van der Waals surface area contributed by atoms with Crippen LogP contribution < -0.4 is 4.74 Å². The van der Waals surface area contributed by atoms with Gasteiger partial charge in [0, 0.05) is 38.7 Å². The molecule has 0 N–H and O–H groups in total. The maximum absolute atomic E-state index is 12.9. The van der Waals surface area contributed by atoms with Crippen molar-refractivity contribution in [2.75, 3.05) is 26.9 Å². The van der Waals surface area contributed by atoms with Crippen LogP contribution >= 0.6 is 0 Å². The number of hydrogen-bond acceptors (Lipinski definition) is 3. The van der Waals surface area contributed by atoms with Gasteiger partial charge in [-0.05, 0) is 36.2 Å². The molecule has 0 saturated carbocycles. The fourth-order valence-corrected chi connectivity index (χ4v) is 3.17. The van der Waals surface area contributed by atoms with E-state index in [0.29, 0.717) is 25.4 Å². The normalized spacial score (nSPS) is 10.7. The lowest BCUT2D eigenvalue weighted by molar-refractivity contribution is -0.134. The number of hydrogen-bond donors (Lipinski definition) is 0. The molecule has 0 aliphatic carbocycles. The van der Waals surface area contributed by atoms with Crippen LogP contribution in [0.1, 0.15) is 17.7 Å². The SMILES string of the molecule is COCCCN(Cc1cccn1Cc1ccccc1)C(=O)COc1ccccc1. The van der Waals surface area contributed by atoms with Crippen LogP contribution in [0.5, 0.6) is 5.75 Å². The van der Waals surface area contributed by atoms with Crippen molar-refractivity contribution in [3.8, 4) is 5.75 Å². The highest BCUT2D eigenvalue weighted by atomic mass is 16.5. The van der Waals surface area contributed by atoms with Crippen LogP contribution in [0.3, 0.4) is 0 Å². The summed E-state index contributed by atoms with van der Waals surface area (Å²) in [6.45, 7) is 2.59. The van der Waals surface area contributed by atoms with Crippen molar-refractivity contribution in [1.29, 1.82) is 0 Å². The van der Waals surface area contributed by atoms with Crippen LogP contribution in [0.2, 0.25) is 0 Å². The smallest absolute Gasteiger partial charge is 0.260 e. The minimum Gasteiger partial charge on any atom is -0.484 e. The molecule has 0 aliphatic heterocycles. The first-order chi connectivity index (χ1) is 14.3. The molecule has 29 heavy (non-hydrogen) atoms. The Kier molecular flexibility index (Phi) is 7.90. The number of methoxy groups -OCH3 is 1. The molecule has 2 aromatic carbocycles. The van der Waals surface area contributed by atoms with Gasteiger partial charge in [0.05, 0.1) is 6.54 Å². The zero-order chi connectivity index (χ0) is 20.3. The number of benzene rings is 2. The molecule has 1 amide bonds. The Hall–Kier alpha value is -3.05. The average Bonchev–Trinajstić information content (AvgIpc) is 3.19. The molecular weight excluding hydrogens is 364 g/mol. The van der Waals surface area contributed by atoms with Crippen molar-refractivity contribution in [1.82, 2.24) is 9.47 Å². The minimum absolute atomic E-state index is 0.0242. The number of amides is 1. The highest BCUT2D eigenvalue weighted by Crippen LogP contribution is 2.13. The van der Waals surface area contributed by atoms with E-state index in [1.54, 1.807) is 7.11 Å². The minimum atomic E-state index is -0.0302. The van der Waals surface area contributed by atoms with Gasteiger partial charge in [-0.2, -0.15) is 0 Å². The molecule has 0 saturated heterocycles. The van der Waals surface area contributed by atoms with E-state index in [1.165, 1.54) is 5.56 Å². The molecule has 5 nitrogen and oxygen atoms in total. The van der Waals surface area contributed by atoms with Gasteiger partial charge in [0.1, 0.15) is 5.75 Å². The van der Waals surface area contributed by atoms with E-state index >= 15 is 0 Å². The van der Waals surface area contributed by atoms with Gasteiger partial charge >= 0.3 is 0 Å². The van der Waals surface area contributed by atoms with E-state index in [1.807, 2.05) is 59.5 Å². The molecule has 0 radical (unpaired) electrons. The zero-order valence-electron chi connectivity index (χ0n) is 16.9. The highest BCUT2D eigenvalue weighted by Gasteiger charge is 2.16. The summed E-state index contributed by atoms with van der Waals surface area (Å²) >= 11 is 0. The molecule has 3 aromatic rings. The number of ether oxygens (including phenoxy) is 2. The number of carbonyl (C=O) groups is 1. The van der Waals surface area contributed by atoms with Gasteiger partial charge in [-0.25, -0.2) is 0 Å². The Morgan fingerprint density at radius 2 is 1.69 bits per heavy atom. The third-order valence-electron chi connectivity index (χ3n) is 4.71. The van der Waals surface area contributed by atoms with Crippen LogP contribution in [-0.2, 0) is 22.6 Å². The topological polar surface area (TPSA) is 43.7 Å². The number of para-hydroxylation sites is 1. The summed E-state index contributed by atoms with van der Waals surface area (Å²) < 4.78 is 13.0. The van der Waals surface area contributed by atoms with Gasteiger partial charge in [-0.15, -0.1) is 0 Å². The van der Waals surface area contributed by atoms with Gasteiger partial charge in [-0.3, -0.25) is 4.79 Å².